The standard InChI is InChI=1S/C10H19NO2/c1-3-11-6-4-10(13,5-7-11)8-9(2)12/h13H,3-8H2,1-2H3. The summed E-state index contributed by atoms with van der Waals surface area (Å²) in [6.07, 6.45) is 1.80. The molecule has 3 nitrogen and oxygen atoms in total. The maximum atomic E-state index is 10.9. The van der Waals surface area contributed by atoms with E-state index >= 15 is 0 Å². The maximum absolute atomic E-state index is 10.9. The van der Waals surface area contributed by atoms with E-state index in [0.29, 0.717) is 6.42 Å². The van der Waals surface area contributed by atoms with Crippen molar-refractivity contribution in [2.75, 3.05) is 19.6 Å². The summed E-state index contributed by atoms with van der Waals surface area (Å²) in [7, 11) is 0. The van der Waals surface area contributed by atoms with Crippen LogP contribution in [0.4, 0.5) is 0 Å². The van der Waals surface area contributed by atoms with Gasteiger partial charge in [-0.25, -0.2) is 0 Å². The van der Waals surface area contributed by atoms with Gasteiger partial charge < -0.3 is 10.0 Å². The first kappa shape index (κ1) is 10.7. The lowest BCUT2D eigenvalue weighted by atomic mass is 9.87. The third kappa shape index (κ3) is 3.08. The minimum atomic E-state index is -0.711. The molecule has 13 heavy (non-hydrogen) atoms. The van der Waals surface area contributed by atoms with E-state index in [1.165, 1.54) is 0 Å². The van der Waals surface area contributed by atoms with Crippen molar-refractivity contribution >= 4 is 5.78 Å². The van der Waals surface area contributed by atoms with Crippen LogP contribution in [0.5, 0.6) is 0 Å². The molecule has 1 rings (SSSR count). The predicted molar refractivity (Wildman–Crippen MR) is 51.6 cm³/mol. The molecule has 0 aromatic rings. The van der Waals surface area contributed by atoms with Crippen LogP contribution in [-0.4, -0.2) is 41.0 Å². The molecule has 1 heterocycles. The van der Waals surface area contributed by atoms with Crippen LogP contribution in [0.15, 0.2) is 0 Å². The average Bonchev–Trinajstić information content (AvgIpc) is 2.04. The zero-order valence-corrected chi connectivity index (χ0v) is 8.55. The number of hydrogen-bond donors (Lipinski definition) is 1. The molecule has 1 aliphatic rings. The molecule has 3 heteroatoms. The summed E-state index contributed by atoms with van der Waals surface area (Å²) in [5.74, 6) is 0.0902. The molecule has 1 aliphatic heterocycles. The SMILES string of the molecule is CCN1CCC(O)(CC(C)=O)CC1. The summed E-state index contributed by atoms with van der Waals surface area (Å²) in [6, 6.07) is 0. The molecule has 0 atom stereocenters. The van der Waals surface area contributed by atoms with Crippen LogP contribution in [0, 0.1) is 0 Å². The van der Waals surface area contributed by atoms with Crippen LogP contribution in [0.2, 0.25) is 0 Å². The van der Waals surface area contributed by atoms with E-state index in [1.807, 2.05) is 0 Å². The number of aliphatic hydroxyl groups is 1. The highest BCUT2D eigenvalue weighted by molar-refractivity contribution is 5.76. The van der Waals surface area contributed by atoms with Gasteiger partial charge in [-0.3, -0.25) is 4.79 Å². The van der Waals surface area contributed by atoms with Crippen LogP contribution in [-0.2, 0) is 4.79 Å². The highest BCUT2D eigenvalue weighted by Gasteiger charge is 2.32. The van der Waals surface area contributed by atoms with Gasteiger partial charge >= 0.3 is 0 Å². The molecule has 0 amide bonds. The van der Waals surface area contributed by atoms with Gasteiger partial charge in [0.05, 0.1) is 5.60 Å². The Labute approximate surface area is 79.7 Å². The van der Waals surface area contributed by atoms with Gasteiger partial charge in [-0.05, 0) is 26.3 Å². The van der Waals surface area contributed by atoms with E-state index in [2.05, 4.69) is 11.8 Å². The Kier molecular flexibility index (Phi) is 3.45. The first-order valence-corrected chi connectivity index (χ1v) is 5.00. The number of rotatable bonds is 3. The van der Waals surface area contributed by atoms with Gasteiger partial charge in [-0.2, -0.15) is 0 Å². The zero-order chi connectivity index (χ0) is 9.90. The minimum absolute atomic E-state index is 0.0902. The van der Waals surface area contributed by atoms with Crippen molar-refractivity contribution in [2.24, 2.45) is 0 Å². The fraction of sp³-hybridized carbons (Fsp3) is 0.900. The van der Waals surface area contributed by atoms with E-state index in [-0.39, 0.29) is 5.78 Å². The lowest BCUT2D eigenvalue weighted by molar-refractivity contribution is -0.124. The molecule has 1 saturated heterocycles. The van der Waals surface area contributed by atoms with Gasteiger partial charge in [0, 0.05) is 19.5 Å². The third-order valence-corrected chi connectivity index (χ3v) is 2.81. The number of nitrogens with zero attached hydrogens (tertiary/aromatic N) is 1. The van der Waals surface area contributed by atoms with Crippen molar-refractivity contribution < 1.29 is 9.90 Å². The first-order valence-electron chi connectivity index (χ1n) is 5.00. The normalized spacial score (nSPS) is 23.0. The molecule has 76 valence electrons. The second-order valence-corrected chi connectivity index (χ2v) is 4.04. The lowest BCUT2D eigenvalue weighted by Crippen LogP contribution is -2.45. The lowest BCUT2D eigenvalue weighted by Gasteiger charge is -2.37. The second kappa shape index (κ2) is 4.20. The molecule has 0 aromatic heterocycles. The summed E-state index contributed by atoms with van der Waals surface area (Å²) < 4.78 is 0. The molecule has 0 bridgehead atoms. The number of carbonyl (C=O) groups is 1. The average molecular weight is 185 g/mol. The Balaban J connectivity index is 2.41. The van der Waals surface area contributed by atoms with Crippen LogP contribution in [0.3, 0.4) is 0 Å². The number of carbonyl (C=O) groups excluding carboxylic acids is 1. The Hall–Kier alpha value is -0.410. The molecule has 0 radical (unpaired) electrons. The van der Waals surface area contributed by atoms with Crippen LogP contribution >= 0.6 is 0 Å². The number of ketones is 1. The molecule has 1 N–H and O–H groups in total. The molecule has 0 saturated carbocycles. The molecular formula is C10H19NO2. The van der Waals surface area contributed by atoms with Gasteiger partial charge in [0.15, 0.2) is 0 Å². The second-order valence-electron chi connectivity index (χ2n) is 4.04. The number of piperidine rings is 1. The smallest absolute Gasteiger partial charge is 0.132 e. The predicted octanol–water partition coefficient (Wildman–Crippen LogP) is 0.812. The molecule has 0 unspecified atom stereocenters. The van der Waals surface area contributed by atoms with Crippen LogP contribution in [0.25, 0.3) is 0 Å². The van der Waals surface area contributed by atoms with Gasteiger partial charge in [-0.15, -0.1) is 0 Å². The third-order valence-electron chi connectivity index (χ3n) is 2.81. The largest absolute Gasteiger partial charge is 0.389 e. The Morgan fingerprint density at radius 1 is 1.46 bits per heavy atom. The van der Waals surface area contributed by atoms with Crippen molar-refractivity contribution in [3.05, 3.63) is 0 Å². The van der Waals surface area contributed by atoms with Crippen molar-refractivity contribution in [3.63, 3.8) is 0 Å². The Morgan fingerprint density at radius 2 is 2.00 bits per heavy atom. The maximum Gasteiger partial charge on any atom is 0.132 e. The Morgan fingerprint density at radius 3 is 2.38 bits per heavy atom. The van der Waals surface area contributed by atoms with Crippen molar-refractivity contribution in [3.8, 4) is 0 Å². The van der Waals surface area contributed by atoms with Crippen LogP contribution in [0.1, 0.15) is 33.1 Å². The zero-order valence-electron chi connectivity index (χ0n) is 8.55. The molecule has 0 aliphatic carbocycles. The molecule has 0 aromatic carbocycles. The minimum Gasteiger partial charge on any atom is -0.389 e. The van der Waals surface area contributed by atoms with E-state index in [9.17, 15) is 9.90 Å². The van der Waals surface area contributed by atoms with Gasteiger partial charge in [-0.1, -0.05) is 6.92 Å². The van der Waals surface area contributed by atoms with Gasteiger partial charge in [0.25, 0.3) is 0 Å². The highest BCUT2D eigenvalue weighted by atomic mass is 16.3. The monoisotopic (exact) mass is 185 g/mol. The summed E-state index contributed by atoms with van der Waals surface area (Å²) in [5, 5.41) is 10.0. The van der Waals surface area contributed by atoms with E-state index in [1.54, 1.807) is 6.92 Å². The summed E-state index contributed by atoms with van der Waals surface area (Å²) in [5.41, 5.74) is -0.711. The topological polar surface area (TPSA) is 40.5 Å². The molecular weight excluding hydrogens is 166 g/mol. The fourth-order valence-electron chi connectivity index (χ4n) is 1.93. The quantitative estimate of drug-likeness (QED) is 0.707. The first-order chi connectivity index (χ1) is 6.06. The summed E-state index contributed by atoms with van der Waals surface area (Å²) >= 11 is 0. The highest BCUT2D eigenvalue weighted by Crippen LogP contribution is 2.25. The van der Waals surface area contributed by atoms with Gasteiger partial charge in [0.1, 0.15) is 5.78 Å². The number of hydrogen-bond acceptors (Lipinski definition) is 3. The van der Waals surface area contributed by atoms with E-state index < -0.39 is 5.60 Å². The van der Waals surface area contributed by atoms with Crippen LogP contribution < -0.4 is 0 Å². The summed E-state index contributed by atoms with van der Waals surface area (Å²) in [4.78, 5) is 13.2. The van der Waals surface area contributed by atoms with E-state index in [4.69, 9.17) is 0 Å². The molecule has 1 fully saturated rings. The number of likely N-dealkylation sites (tertiary alicyclic amines) is 1. The van der Waals surface area contributed by atoms with Crippen molar-refractivity contribution in [1.29, 1.82) is 0 Å². The van der Waals surface area contributed by atoms with E-state index in [0.717, 1.165) is 32.5 Å². The van der Waals surface area contributed by atoms with Crippen molar-refractivity contribution in [2.45, 2.75) is 38.7 Å². The fourth-order valence-corrected chi connectivity index (χ4v) is 1.93. The van der Waals surface area contributed by atoms with Gasteiger partial charge in [0.2, 0.25) is 0 Å². The summed E-state index contributed by atoms with van der Waals surface area (Å²) in [6.45, 7) is 6.54. The Bertz CT molecular complexity index is 183. The molecule has 0 spiro atoms. The van der Waals surface area contributed by atoms with Crippen molar-refractivity contribution in [1.82, 2.24) is 4.90 Å². The number of Topliss-reactive ketones (excluding diaryl/α,β-unsaturated/α-hetero) is 1.